The molecule has 3 aromatic rings. The molecule has 0 spiro atoms. The van der Waals surface area contributed by atoms with Crippen LogP contribution in [0.25, 0.3) is 5.82 Å². The molecule has 1 N–H and O–H groups in total. The second-order valence-corrected chi connectivity index (χ2v) is 6.46. The Labute approximate surface area is 145 Å². The molecule has 3 heterocycles. The van der Waals surface area contributed by atoms with Crippen LogP contribution in [0.4, 0.5) is 5.69 Å². The maximum absolute atomic E-state index is 12.4. The van der Waals surface area contributed by atoms with Gasteiger partial charge in [0.1, 0.15) is 11.3 Å². The molecule has 0 bridgehead atoms. The molecule has 0 atom stereocenters. The van der Waals surface area contributed by atoms with Crippen LogP contribution in [0.5, 0.6) is 0 Å². The Morgan fingerprint density at radius 1 is 1.28 bits per heavy atom. The van der Waals surface area contributed by atoms with E-state index in [0.29, 0.717) is 28.6 Å². The van der Waals surface area contributed by atoms with Crippen molar-refractivity contribution in [2.24, 2.45) is 0 Å². The minimum atomic E-state index is -0.251. The normalized spacial score (nSPS) is 13.9. The van der Waals surface area contributed by atoms with Crippen molar-refractivity contribution < 1.29 is 9.32 Å². The van der Waals surface area contributed by atoms with Gasteiger partial charge in [-0.25, -0.2) is 9.67 Å². The van der Waals surface area contributed by atoms with Crippen molar-refractivity contribution in [1.29, 1.82) is 0 Å². The molecule has 1 saturated carbocycles. The smallest absolute Gasteiger partial charge is 0.261 e. The number of hydrogen-bond acceptors (Lipinski definition) is 5. The van der Waals surface area contributed by atoms with Crippen LogP contribution in [-0.2, 0) is 0 Å². The number of pyridine rings is 1. The van der Waals surface area contributed by atoms with E-state index in [1.165, 1.54) is 18.5 Å². The van der Waals surface area contributed by atoms with Gasteiger partial charge in [0.05, 0.1) is 23.3 Å². The molecular formula is C18H19N5O2. The van der Waals surface area contributed by atoms with E-state index >= 15 is 0 Å². The Balaban J connectivity index is 1.56. The predicted molar refractivity (Wildman–Crippen MR) is 92.0 cm³/mol. The largest absolute Gasteiger partial charge is 0.361 e. The van der Waals surface area contributed by atoms with E-state index in [1.807, 2.05) is 23.7 Å². The molecule has 25 heavy (non-hydrogen) atoms. The van der Waals surface area contributed by atoms with Crippen LogP contribution < -0.4 is 5.32 Å². The van der Waals surface area contributed by atoms with Gasteiger partial charge in [-0.15, -0.1) is 0 Å². The standard InChI is InChI=1S/C18H19N5O2/c1-10-8-15(13-4-5-13)23(21-10)16-7-6-14(9-19-16)20-18(24)17-11(2)22-25-12(17)3/h6-9,13H,4-5H2,1-3H3,(H,20,24). The highest BCUT2D eigenvalue weighted by atomic mass is 16.5. The topological polar surface area (TPSA) is 85.8 Å². The third kappa shape index (κ3) is 2.93. The number of nitrogens with zero attached hydrogens (tertiary/aromatic N) is 4. The van der Waals surface area contributed by atoms with Crippen molar-refractivity contribution in [2.45, 2.75) is 39.5 Å². The number of amides is 1. The van der Waals surface area contributed by atoms with E-state index < -0.39 is 0 Å². The fourth-order valence-electron chi connectivity index (χ4n) is 2.96. The first kappa shape index (κ1) is 15.6. The maximum atomic E-state index is 12.4. The molecule has 7 heteroatoms. The van der Waals surface area contributed by atoms with Gasteiger partial charge in [0.15, 0.2) is 5.82 Å². The van der Waals surface area contributed by atoms with E-state index in [1.54, 1.807) is 20.0 Å². The van der Waals surface area contributed by atoms with Crippen molar-refractivity contribution in [3.05, 3.63) is 52.8 Å². The zero-order valence-electron chi connectivity index (χ0n) is 14.4. The summed E-state index contributed by atoms with van der Waals surface area (Å²) in [4.78, 5) is 16.8. The summed E-state index contributed by atoms with van der Waals surface area (Å²) in [5.41, 5.74) is 3.84. The summed E-state index contributed by atoms with van der Waals surface area (Å²) in [7, 11) is 0. The summed E-state index contributed by atoms with van der Waals surface area (Å²) in [5.74, 6) is 1.59. The third-order valence-corrected chi connectivity index (χ3v) is 4.34. The fraction of sp³-hybridized carbons (Fsp3) is 0.333. The number of carbonyl (C=O) groups excluding carboxylic acids is 1. The highest BCUT2D eigenvalue weighted by Crippen LogP contribution is 2.40. The Morgan fingerprint density at radius 3 is 2.68 bits per heavy atom. The SMILES string of the molecule is Cc1cc(C2CC2)n(-c2ccc(NC(=O)c3c(C)noc3C)cn2)n1. The van der Waals surface area contributed by atoms with Gasteiger partial charge in [0.25, 0.3) is 5.91 Å². The average Bonchev–Trinajstić information content (AvgIpc) is 3.28. The van der Waals surface area contributed by atoms with Crippen LogP contribution in [0.1, 0.15) is 52.0 Å². The summed E-state index contributed by atoms with van der Waals surface area (Å²) in [5, 5.41) is 11.2. The van der Waals surface area contributed by atoms with Crippen molar-refractivity contribution in [1.82, 2.24) is 19.9 Å². The molecule has 0 aromatic carbocycles. The third-order valence-electron chi connectivity index (χ3n) is 4.34. The Bertz CT molecular complexity index is 916. The van der Waals surface area contributed by atoms with Crippen LogP contribution in [0.15, 0.2) is 28.9 Å². The molecule has 1 aliphatic rings. The lowest BCUT2D eigenvalue weighted by molar-refractivity contribution is 0.102. The van der Waals surface area contributed by atoms with Crippen LogP contribution in [0.3, 0.4) is 0 Å². The number of anilines is 1. The first-order valence-electron chi connectivity index (χ1n) is 8.30. The van der Waals surface area contributed by atoms with Crippen molar-refractivity contribution in [3.8, 4) is 5.82 Å². The summed E-state index contributed by atoms with van der Waals surface area (Å²) < 4.78 is 6.93. The van der Waals surface area contributed by atoms with E-state index in [0.717, 1.165) is 11.5 Å². The summed E-state index contributed by atoms with van der Waals surface area (Å²) in [6.45, 7) is 5.45. The zero-order chi connectivity index (χ0) is 17.6. The Hall–Kier alpha value is -2.96. The average molecular weight is 337 g/mol. The van der Waals surface area contributed by atoms with E-state index in [9.17, 15) is 4.79 Å². The molecule has 0 unspecified atom stereocenters. The molecular weight excluding hydrogens is 318 g/mol. The van der Waals surface area contributed by atoms with Gasteiger partial charge >= 0.3 is 0 Å². The van der Waals surface area contributed by atoms with Gasteiger partial charge in [-0.3, -0.25) is 4.79 Å². The summed E-state index contributed by atoms with van der Waals surface area (Å²) in [6, 6.07) is 5.81. The molecule has 1 fully saturated rings. The minimum Gasteiger partial charge on any atom is -0.361 e. The van der Waals surface area contributed by atoms with Gasteiger partial charge in [-0.05, 0) is 51.8 Å². The molecule has 4 rings (SSSR count). The van der Waals surface area contributed by atoms with Crippen LogP contribution in [0.2, 0.25) is 0 Å². The number of aromatic nitrogens is 4. The van der Waals surface area contributed by atoms with Crippen molar-refractivity contribution in [2.75, 3.05) is 5.32 Å². The van der Waals surface area contributed by atoms with Gasteiger partial charge < -0.3 is 9.84 Å². The van der Waals surface area contributed by atoms with Gasteiger partial charge in [0, 0.05) is 11.6 Å². The number of carbonyl (C=O) groups is 1. The molecule has 3 aromatic heterocycles. The monoisotopic (exact) mass is 337 g/mol. The quantitative estimate of drug-likeness (QED) is 0.789. The van der Waals surface area contributed by atoms with Gasteiger partial charge in [-0.2, -0.15) is 5.10 Å². The first-order chi connectivity index (χ1) is 12.0. The molecule has 7 nitrogen and oxygen atoms in total. The zero-order valence-corrected chi connectivity index (χ0v) is 14.4. The molecule has 0 saturated heterocycles. The highest BCUT2D eigenvalue weighted by molar-refractivity contribution is 6.05. The highest BCUT2D eigenvalue weighted by Gasteiger charge is 2.28. The van der Waals surface area contributed by atoms with E-state index in [4.69, 9.17) is 4.52 Å². The number of nitrogens with one attached hydrogen (secondary N) is 1. The fourth-order valence-corrected chi connectivity index (χ4v) is 2.96. The second-order valence-electron chi connectivity index (χ2n) is 6.46. The first-order valence-corrected chi connectivity index (χ1v) is 8.30. The minimum absolute atomic E-state index is 0.251. The summed E-state index contributed by atoms with van der Waals surface area (Å²) in [6.07, 6.45) is 4.05. The second kappa shape index (κ2) is 5.84. The number of hydrogen-bond donors (Lipinski definition) is 1. The van der Waals surface area contributed by atoms with Crippen LogP contribution in [-0.4, -0.2) is 25.8 Å². The number of aryl methyl sites for hydroxylation is 3. The van der Waals surface area contributed by atoms with Crippen molar-refractivity contribution >= 4 is 11.6 Å². The lowest BCUT2D eigenvalue weighted by Gasteiger charge is -2.08. The lowest BCUT2D eigenvalue weighted by atomic mass is 10.2. The van der Waals surface area contributed by atoms with Crippen LogP contribution in [0, 0.1) is 20.8 Å². The molecule has 0 aliphatic heterocycles. The van der Waals surface area contributed by atoms with Gasteiger partial charge in [-0.1, -0.05) is 5.16 Å². The predicted octanol–water partition coefficient (Wildman–Crippen LogP) is 3.31. The van der Waals surface area contributed by atoms with E-state index in [2.05, 4.69) is 26.6 Å². The number of rotatable bonds is 4. The molecule has 1 amide bonds. The van der Waals surface area contributed by atoms with Gasteiger partial charge in [0.2, 0.25) is 0 Å². The Morgan fingerprint density at radius 2 is 2.08 bits per heavy atom. The Kier molecular flexibility index (Phi) is 3.63. The summed E-state index contributed by atoms with van der Waals surface area (Å²) >= 11 is 0. The molecule has 1 aliphatic carbocycles. The van der Waals surface area contributed by atoms with E-state index in [-0.39, 0.29) is 5.91 Å². The molecule has 128 valence electrons. The van der Waals surface area contributed by atoms with Crippen molar-refractivity contribution in [3.63, 3.8) is 0 Å². The lowest BCUT2D eigenvalue weighted by Crippen LogP contribution is -2.14. The maximum Gasteiger partial charge on any atom is 0.261 e. The molecule has 0 radical (unpaired) electrons. The van der Waals surface area contributed by atoms with Crippen LogP contribution >= 0.6 is 0 Å².